The molecule has 172 valence electrons. The molecule has 0 saturated carbocycles. The van der Waals surface area contributed by atoms with Crippen LogP contribution in [0.4, 0.5) is 5.69 Å². The Morgan fingerprint density at radius 2 is 1.61 bits per heavy atom. The fourth-order valence-corrected chi connectivity index (χ4v) is 6.47. The number of ether oxygens (including phenoxy) is 1. The van der Waals surface area contributed by atoms with E-state index in [2.05, 4.69) is 10.0 Å². The molecule has 1 saturated heterocycles. The smallest absolute Gasteiger partial charge is 0.255 e. The Morgan fingerprint density at radius 1 is 0.909 bits per heavy atom. The van der Waals surface area contributed by atoms with Crippen LogP contribution in [0.15, 0.2) is 83.8 Å². The van der Waals surface area contributed by atoms with Crippen LogP contribution >= 0.6 is 0 Å². The lowest BCUT2D eigenvalue weighted by molar-refractivity contribution is 0.102. The molecule has 0 unspecified atom stereocenters. The van der Waals surface area contributed by atoms with Crippen molar-refractivity contribution in [2.45, 2.75) is 17.4 Å². The zero-order chi connectivity index (χ0) is 23.5. The summed E-state index contributed by atoms with van der Waals surface area (Å²) in [5, 5.41) is 2.72. The van der Waals surface area contributed by atoms with Crippen molar-refractivity contribution in [3.05, 3.63) is 84.4 Å². The van der Waals surface area contributed by atoms with E-state index in [9.17, 15) is 21.6 Å². The first-order valence-electron chi connectivity index (χ1n) is 10.2. The van der Waals surface area contributed by atoms with Crippen LogP contribution in [-0.2, 0) is 19.9 Å². The van der Waals surface area contributed by atoms with Crippen molar-refractivity contribution >= 4 is 31.5 Å². The molecule has 3 aromatic carbocycles. The van der Waals surface area contributed by atoms with Gasteiger partial charge in [0, 0.05) is 17.3 Å². The average molecular weight is 487 g/mol. The summed E-state index contributed by atoms with van der Waals surface area (Å²) in [5.74, 6) is 0.556. The van der Waals surface area contributed by atoms with Gasteiger partial charge in [0.05, 0.1) is 16.4 Å². The Morgan fingerprint density at radius 3 is 2.27 bits per heavy atom. The second-order valence-corrected chi connectivity index (χ2v) is 11.6. The first kappa shape index (κ1) is 23.0. The summed E-state index contributed by atoms with van der Waals surface area (Å²) >= 11 is 0. The van der Waals surface area contributed by atoms with Gasteiger partial charge >= 0.3 is 0 Å². The van der Waals surface area contributed by atoms with Crippen molar-refractivity contribution in [2.75, 3.05) is 16.8 Å². The Balaban J connectivity index is 1.40. The van der Waals surface area contributed by atoms with E-state index in [1.165, 1.54) is 24.3 Å². The van der Waals surface area contributed by atoms with E-state index < -0.39 is 25.9 Å². The topological polar surface area (TPSA) is 119 Å². The molecule has 33 heavy (non-hydrogen) atoms. The van der Waals surface area contributed by atoms with Gasteiger partial charge in [0.15, 0.2) is 9.84 Å². The fourth-order valence-electron chi connectivity index (χ4n) is 3.42. The monoisotopic (exact) mass is 486 g/mol. The van der Waals surface area contributed by atoms with E-state index in [1.807, 2.05) is 30.3 Å². The van der Waals surface area contributed by atoms with E-state index in [1.54, 1.807) is 24.3 Å². The predicted octanol–water partition coefficient (Wildman–Crippen LogP) is 3.20. The summed E-state index contributed by atoms with van der Waals surface area (Å²) in [6, 6.07) is 20.9. The van der Waals surface area contributed by atoms with Crippen LogP contribution in [0.2, 0.25) is 0 Å². The van der Waals surface area contributed by atoms with Crippen LogP contribution in [-0.4, -0.2) is 40.3 Å². The van der Waals surface area contributed by atoms with Gasteiger partial charge in [0.2, 0.25) is 10.0 Å². The Kier molecular flexibility index (Phi) is 6.50. The first-order valence-corrected chi connectivity index (χ1v) is 13.5. The van der Waals surface area contributed by atoms with Gasteiger partial charge in [0.1, 0.15) is 11.5 Å². The number of nitrogens with one attached hydrogen (secondary N) is 2. The number of anilines is 1. The predicted molar refractivity (Wildman–Crippen MR) is 125 cm³/mol. The number of rotatable bonds is 7. The minimum absolute atomic E-state index is 0.0111. The largest absolute Gasteiger partial charge is 0.457 e. The minimum atomic E-state index is -3.87. The minimum Gasteiger partial charge on any atom is -0.457 e. The molecule has 0 aromatic heterocycles. The van der Waals surface area contributed by atoms with Gasteiger partial charge < -0.3 is 10.1 Å². The molecule has 0 bridgehead atoms. The second kappa shape index (κ2) is 9.34. The summed E-state index contributed by atoms with van der Waals surface area (Å²) < 4.78 is 56.4. The summed E-state index contributed by atoms with van der Waals surface area (Å²) in [7, 11) is -7.07. The number of sulfone groups is 1. The van der Waals surface area contributed by atoms with Crippen LogP contribution in [0.1, 0.15) is 16.8 Å². The second-order valence-electron chi connectivity index (χ2n) is 7.64. The average Bonchev–Trinajstić information content (AvgIpc) is 3.12. The fraction of sp³-hybridized carbons (Fsp3) is 0.174. The highest BCUT2D eigenvalue weighted by Crippen LogP contribution is 2.23. The van der Waals surface area contributed by atoms with Gasteiger partial charge in [-0.25, -0.2) is 21.6 Å². The van der Waals surface area contributed by atoms with Crippen molar-refractivity contribution in [3.8, 4) is 11.5 Å². The van der Waals surface area contributed by atoms with Crippen molar-refractivity contribution in [1.82, 2.24) is 4.72 Å². The molecule has 1 amide bonds. The molecule has 0 spiro atoms. The van der Waals surface area contributed by atoms with Crippen molar-refractivity contribution in [3.63, 3.8) is 0 Å². The van der Waals surface area contributed by atoms with Crippen LogP contribution in [0.3, 0.4) is 0 Å². The van der Waals surface area contributed by atoms with Crippen molar-refractivity contribution in [1.29, 1.82) is 0 Å². The van der Waals surface area contributed by atoms with E-state index in [0.717, 1.165) is 0 Å². The van der Waals surface area contributed by atoms with Gasteiger partial charge in [0.25, 0.3) is 5.91 Å². The molecule has 1 atom stereocenters. The number of benzene rings is 3. The summed E-state index contributed by atoms with van der Waals surface area (Å²) in [6.45, 7) is 0. The molecule has 1 fully saturated rings. The number of para-hydroxylation sites is 1. The van der Waals surface area contributed by atoms with E-state index in [4.69, 9.17) is 4.74 Å². The van der Waals surface area contributed by atoms with Crippen LogP contribution < -0.4 is 14.8 Å². The number of hydrogen-bond donors (Lipinski definition) is 2. The van der Waals surface area contributed by atoms with Crippen LogP contribution in [0.25, 0.3) is 0 Å². The molecule has 1 aliphatic rings. The Labute approximate surface area is 192 Å². The lowest BCUT2D eigenvalue weighted by Gasteiger charge is -2.12. The quantitative estimate of drug-likeness (QED) is 0.529. The molecule has 10 heteroatoms. The molecule has 0 radical (unpaired) electrons. The Bertz CT molecular complexity index is 1360. The highest BCUT2D eigenvalue weighted by molar-refractivity contribution is 7.92. The lowest BCUT2D eigenvalue weighted by atomic mass is 10.2. The molecule has 1 aliphatic heterocycles. The third kappa shape index (κ3) is 5.98. The first-order chi connectivity index (χ1) is 15.7. The van der Waals surface area contributed by atoms with Gasteiger partial charge in [-0.05, 0) is 61.0 Å². The normalized spacial score (nSPS) is 17.4. The van der Waals surface area contributed by atoms with Gasteiger partial charge in [-0.15, -0.1) is 0 Å². The highest BCUT2D eigenvalue weighted by Gasteiger charge is 2.31. The maximum absolute atomic E-state index is 12.6. The summed E-state index contributed by atoms with van der Waals surface area (Å²) in [5.41, 5.74) is 0.793. The Hall–Kier alpha value is -3.21. The van der Waals surface area contributed by atoms with Gasteiger partial charge in [-0.2, -0.15) is 0 Å². The van der Waals surface area contributed by atoms with Gasteiger partial charge in [-0.3, -0.25) is 4.79 Å². The number of hydrogen-bond acceptors (Lipinski definition) is 6. The summed E-state index contributed by atoms with van der Waals surface area (Å²) in [4.78, 5) is 12.6. The number of sulfonamides is 1. The van der Waals surface area contributed by atoms with Crippen molar-refractivity contribution < 1.29 is 26.4 Å². The highest BCUT2D eigenvalue weighted by atomic mass is 32.2. The zero-order valence-electron chi connectivity index (χ0n) is 17.5. The molecule has 2 N–H and O–H groups in total. The SMILES string of the molecule is O=C(Nc1ccc(S(=O)(=O)N[C@H]2CCS(=O)(=O)C2)cc1)c1cccc(Oc2ccccc2)c1. The molecule has 8 nitrogen and oxygen atoms in total. The molecule has 0 aliphatic carbocycles. The number of carbonyl (C=O) groups is 1. The summed E-state index contributed by atoms with van der Waals surface area (Å²) in [6.07, 6.45) is 0.253. The molecular formula is C23H22N2O6S2. The lowest BCUT2D eigenvalue weighted by Crippen LogP contribution is -2.35. The van der Waals surface area contributed by atoms with Crippen molar-refractivity contribution in [2.24, 2.45) is 0 Å². The third-order valence-corrected chi connectivity index (χ3v) is 8.36. The van der Waals surface area contributed by atoms with Gasteiger partial charge in [-0.1, -0.05) is 24.3 Å². The van der Waals surface area contributed by atoms with Crippen LogP contribution in [0.5, 0.6) is 11.5 Å². The maximum atomic E-state index is 12.6. The number of carbonyl (C=O) groups excluding carboxylic acids is 1. The number of amides is 1. The maximum Gasteiger partial charge on any atom is 0.255 e. The standard InChI is InChI=1S/C23H22N2O6S2/c26-23(17-5-4-8-21(15-17)31-20-6-2-1-3-7-20)24-18-9-11-22(12-10-18)33(29,30)25-19-13-14-32(27,28)16-19/h1-12,15,19,25H,13-14,16H2,(H,24,26)/t19-/m0/s1. The van der Waals surface area contributed by atoms with Crippen LogP contribution in [0, 0.1) is 0 Å². The third-order valence-electron chi connectivity index (χ3n) is 5.05. The molecule has 4 rings (SSSR count). The van der Waals surface area contributed by atoms with E-state index in [-0.39, 0.29) is 28.7 Å². The van der Waals surface area contributed by atoms with E-state index in [0.29, 0.717) is 22.7 Å². The molecular weight excluding hydrogens is 464 g/mol. The molecule has 1 heterocycles. The zero-order valence-corrected chi connectivity index (χ0v) is 19.1. The molecule has 3 aromatic rings. The van der Waals surface area contributed by atoms with E-state index >= 15 is 0 Å².